The van der Waals surface area contributed by atoms with Crippen molar-refractivity contribution in [2.24, 2.45) is 0 Å². The number of nitrogens with one attached hydrogen (secondary N) is 1. The van der Waals surface area contributed by atoms with Gasteiger partial charge in [0, 0.05) is 21.5 Å². The van der Waals surface area contributed by atoms with Crippen molar-refractivity contribution in [2.45, 2.75) is 18.3 Å². The minimum absolute atomic E-state index is 0.0525. The second kappa shape index (κ2) is 7.48. The number of methoxy groups -OCH3 is 1. The second-order valence-corrected chi connectivity index (χ2v) is 9.94. The molecule has 0 amide bonds. The summed E-state index contributed by atoms with van der Waals surface area (Å²) in [4.78, 5) is 78.9. The Balaban J connectivity index is 1.87. The van der Waals surface area contributed by atoms with Crippen molar-refractivity contribution in [3.05, 3.63) is 106 Å². The summed E-state index contributed by atoms with van der Waals surface area (Å²) in [6, 6.07) is 2.11. The number of phenols is 1. The number of fused-ring (bicyclic) bond motifs is 4. The molecule has 0 aliphatic heterocycles. The zero-order valence-corrected chi connectivity index (χ0v) is 20.8. The Morgan fingerprint density at radius 3 is 2.18 bits per heavy atom. The maximum Gasteiger partial charge on any atom is 0.260 e. The molecule has 190 valence electrons. The first-order chi connectivity index (χ1) is 18.0. The lowest BCUT2D eigenvalue weighted by Gasteiger charge is -2.27. The van der Waals surface area contributed by atoms with Crippen LogP contribution >= 0.6 is 15.9 Å². The predicted octanol–water partition coefficient (Wildman–Crippen LogP) is -0.911. The number of aliphatic hydroxyl groups is 2. The van der Waals surface area contributed by atoms with Crippen LogP contribution in [0.4, 0.5) is 0 Å². The molecule has 11 nitrogen and oxygen atoms in total. The Bertz CT molecular complexity index is 2300. The lowest BCUT2D eigenvalue weighted by molar-refractivity contribution is 0.111. The van der Waals surface area contributed by atoms with E-state index < -0.39 is 76.6 Å². The van der Waals surface area contributed by atoms with Gasteiger partial charge in [-0.3, -0.25) is 28.8 Å². The van der Waals surface area contributed by atoms with Crippen molar-refractivity contribution < 1.29 is 24.9 Å². The first-order valence-corrected chi connectivity index (χ1v) is 11.9. The summed E-state index contributed by atoms with van der Waals surface area (Å²) in [5.74, 6) is -2.70. The van der Waals surface area contributed by atoms with Crippen molar-refractivity contribution in [2.75, 3.05) is 7.11 Å². The van der Waals surface area contributed by atoms with Gasteiger partial charge in [-0.1, -0.05) is 0 Å². The van der Waals surface area contributed by atoms with Gasteiger partial charge in [0.15, 0.2) is 17.5 Å². The zero-order valence-electron chi connectivity index (χ0n) is 19.2. The van der Waals surface area contributed by atoms with Gasteiger partial charge in [0.1, 0.15) is 22.7 Å². The third-order valence-electron chi connectivity index (χ3n) is 7.50. The van der Waals surface area contributed by atoms with Crippen molar-refractivity contribution >= 4 is 44.5 Å². The SMILES string of the molecule is COc1cc(=O)c2c(=O)c3c(c(=O)c=2c1=O)=C(O)[C@]1(CCc2c1c(O)c1c(=O)[nH]c(C=O)cc1c2Br)C=3O. The van der Waals surface area contributed by atoms with E-state index in [1.165, 1.54) is 6.07 Å². The number of H-pyrrole nitrogens is 1. The van der Waals surface area contributed by atoms with E-state index >= 15 is 0 Å². The van der Waals surface area contributed by atoms with Gasteiger partial charge in [-0.2, -0.15) is 0 Å². The van der Waals surface area contributed by atoms with Crippen LogP contribution in [0.25, 0.3) is 22.3 Å². The molecule has 6 rings (SSSR count). The number of carbonyl (C=O) groups excluding carboxylic acids is 1. The van der Waals surface area contributed by atoms with E-state index in [0.29, 0.717) is 16.3 Å². The molecule has 2 aromatic rings. The fourth-order valence-electron chi connectivity index (χ4n) is 5.88. The van der Waals surface area contributed by atoms with E-state index in [2.05, 4.69) is 20.9 Å². The van der Waals surface area contributed by atoms with Gasteiger partial charge in [-0.05, 0) is 40.4 Å². The van der Waals surface area contributed by atoms with Crippen molar-refractivity contribution in [3.8, 4) is 11.5 Å². The van der Waals surface area contributed by atoms with Gasteiger partial charge in [-0.25, -0.2) is 0 Å². The average molecular weight is 580 g/mol. The van der Waals surface area contributed by atoms with Gasteiger partial charge < -0.3 is 25.0 Å². The minimum Gasteiger partial charge on any atom is -0.510 e. The van der Waals surface area contributed by atoms with Crippen molar-refractivity contribution in [1.29, 1.82) is 0 Å². The molecule has 12 heteroatoms. The molecule has 0 radical (unpaired) electrons. The van der Waals surface area contributed by atoms with Crippen LogP contribution in [-0.4, -0.2) is 33.7 Å². The summed E-state index contributed by atoms with van der Waals surface area (Å²) in [7, 11) is 1.11. The number of hydrogen-bond acceptors (Lipinski definition) is 10. The Morgan fingerprint density at radius 2 is 1.58 bits per heavy atom. The molecule has 1 heterocycles. The molecule has 0 bridgehead atoms. The Kier molecular flexibility index (Phi) is 4.68. The second-order valence-electron chi connectivity index (χ2n) is 9.14. The van der Waals surface area contributed by atoms with Gasteiger partial charge in [0.2, 0.25) is 16.3 Å². The summed E-state index contributed by atoms with van der Waals surface area (Å²) >= 11 is 3.39. The molecular weight excluding hydrogens is 566 g/mol. The predicted molar refractivity (Wildman–Crippen MR) is 136 cm³/mol. The number of ether oxygens (including phenoxy) is 1. The molecule has 0 fully saturated rings. The molecule has 1 aromatic heterocycles. The largest absolute Gasteiger partial charge is 0.510 e. The maximum absolute atomic E-state index is 13.5. The summed E-state index contributed by atoms with van der Waals surface area (Å²) in [6.45, 7) is 0. The number of aromatic amines is 1. The number of hydrogen-bond donors (Lipinski definition) is 4. The topological polar surface area (TPSA) is 188 Å². The third kappa shape index (κ3) is 2.52. The number of carbonyl (C=O) groups is 1. The fraction of sp³-hybridized carbons (Fsp3) is 0.154. The van der Waals surface area contributed by atoms with Crippen LogP contribution in [0, 0.1) is 10.4 Å². The standard InChI is InChI=1S/C26H14BrNO10/c1-38-11-5-10(30)13-14(19(11)31)21(33)16-15(20(13)32)23(35)26(24(16)36)3-2-8-17(26)22(34)12-9(18(8)27)4-7(6-29)28-25(12)37/h4-6,34-36H,2-3H2,1H3,(H,28,37)/t26-/m0/s1. The molecule has 0 saturated carbocycles. The highest BCUT2D eigenvalue weighted by molar-refractivity contribution is 9.10. The molecule has 4 aliphatic carbocycles. The fourth-order valence-corrected chi connectivity index (χ4v) is 6.58. The van der Waals surface area contributed by atoms with E-state index in [9.17, 15) is 44.1 Å². The summed E-state index contributed by atoms with van der Waals surface area (Å²) < 4.78 is 5.16. The highest BCUT2D eigenvalue weighted by Crippen LogP contribution is 2.56. The lowest BCUT2D eigenvalue weighted by atomic mass is 9.78. The highest BCUT2D eigenvalue weighted by atomic mass is 79.9. The molecule has 1 spiro atoms. The number of aliphatic hydroxyl groups excluding tert-OH is 2. The summed E-state index contributed by atoms with van der Waals surface area (Å²) in [5.41, 5.74) is -6.97. The monoisotopic (exact) mass is 579 g/mol. The number of aldehydes is 1. The normalized spacial score (nSPS) is 17.9. The van der Waals surface area contributed by atoms with E-state index in [-0.39, 0.29) is 34.9 Å². The molecule has 38 heavy (non-hydrogen) atoms. The number of halogens is 1. The van der Waals surface area contributed by atoms with Gasteiger partial charge in [0.05, 0.1) is 39.1 Å². The van der Waals surface area contributed by atoms with E-state index in [1.54, 1.807) is 0 Å². The highest BCUT2D eigenvalue weighted by Gasteiger charge is 2.53. The number of rotatable bonds is 2. The summed E-state index contributed by atoms with van der Waals surface area (Å²) in [5, 5.41) is 31.3. The quantitative estimate of drug-likeness (QED) is 0.216. The van der Waals surface area contributed by atoms with Crippen molar-refractivity contribution in [3.63, 3.8) is 0 Å². The van der Waals surface area contributed by atoms with Crippen LogP contribution < -0.4 is 42.4 Å². The molecule has 1 aromatic carbocycles. The zero-order chi connectivity index (χ0) is 27.4. The number of aromatic nitrogens is 1. The lowest BCUT2D eigenvalue weighted by Crippen LogP contribution is -2.51. The van der Waals surface area contributed by atoms with Gasteiger partial charge in [-0.15, -0.1) is 0 Å². The smallest absolute Gasteiger partial charge is 0.260 e. The van der Waals surface area contributed by atoms with Crippen LogP contribution in [-0.2, 0) is 11.8 Å². The molecule has 4 aliphatic rings. The Hall–Kier alpha value is -4.58. The van der Waals surface area contributed by atoms with Crippen LogP contribution in [0.1, 0.15) is 28.0 Å². The molecule has 4 N–H and O–H groups in total. The van der Waals surface area contributed by atoms with Crippen LogP contribution in [0.15, 0.2) is 40.6 Å². The van der Waals surface area contributed by atoms with Crippen LogP contribution in [0.5, 0.6) is 11.5 Å². The molecule has 1 atom stereocenters. The van der Waals surface area contributed by atoms with Crippen molar-refractivity contribution in [1.82, 2.24) is 4.98 Å². The number of phenolic OH excluding ortho intramolecular Hbond substituents is 1. The van der Waals surface area contributed by atoms with Gasteiger partial charge in [0.25, 0.3) is 5.56 Å². The first-order valence-electron chi connectivity index (χ1n) is 11.1. The number of aromatic hydroxyl groups is 1. The van der Waals surface area contributed by atoms with E-state index in [4.69, 9.17) is 4.74 Å². The third-order valence-corrected chi connectivity index (χ3v) is 8.41. The van der Waals surface area contributed by atoms with E-state index in [0.717, 1.165) is 13.2 Å². The maximum atomic E-state index is 13.5. The average Bonchev–Trinajstić information content (AvgIpc) is 3.40. The Morgan fingerprint density at radius 1 is 0.947 bits per heavy atom. The minimum atomic E-state index is -2.01. The molecule has 0 saturated heterocycles. The van der Waals surface area contributed by atoms with Crippen LogP contribution in [0.3, 0.4) is 0 Å². The van der Waals surface area contributed by atoms with Crippen LogP contribution in [0.2, 0.25) is 0 Å². The summed E-state index contributed by atoms with van der Waals surface area (Å²) in [6.07, 6.45) is 0.383. The molecular formula is C26H14BrNO10. The first kappa shape index (κ1) is 23.8. The van der Waals surface area contributed by atoms with E-state index in [1.807, 2.05) is 0 Å². The molecule has 0 unspecified atom stereocenters. The van der Waals surface area contributed by atoms with Gasteiger partial charge >= 0.3 is 0 Å². The Labute approximate surface area is 216 Å². The number of pyridine rings is 1. The number of benzene rings is 1.